The Labute approximate surface area is 79.0 Å². The van der Waals surface area contributed by atoms with Crippen molar-refractivity contribution >= 4 is 31.1 Å². The van der Waals surface area contributed by atoms with Crippen molar-refractivity contribution in [2.24, 2.45) is 0 Å². The monoisotopic (exact) mass is 222 g/mol. The van der Waals surface area contributed by atoms with E-state index in [1.54, 1.807) is 0 Å². The predicted octanol–water partition coefficient (Wildman–Crippen LogP) is 3.66. The van der Waals surface area contributed by atoms with E-state index in [1.807, 2.05) is 0 Å². The third-order valence-electron chi connectivity index (χ3n) is 1.55. The Bertz CT molecular complexity index is 434. The topological polar surface area (TPSA) is 12.9 Å². The third kappa shape index (κ3) is 1.64. The van der Waals surface area contributed by atoms with Crippen molar-refractivity contribution in [2.75, 3.05) is 0 Å². The van der Waals surface area contributed by atoms with Gasteiger partial charge in [-0.25, -0.2) is 0 Å². The van der Waals surface area contributed by atoms with Gasteiger partial charge in [-0.1, -0.05) is 0 Å². The number of fused-ring (bicyclic) bond motifs is 1. The zero-order chi connectivity index (χ0) is 9.47. The van der Waals surface area contributed by atoms with E-state index >= 15 is 0 Å². The number of alkyl halides is 3. The zero-order valence-electron chi connectivity index (χ0n) is 6.13. The summed E-state index contributed by atoms with van der Waals surface area (Å²) in [5, 5.41) is 0. The maximum atomic E-state index is 12.2. The quantitative estimate of drug-likeness (QED) is 0.489. The van der Waals surface area contributed by atoms with Crippen LogP contribution >= 0.6 is 20.9 Å². The van der Waals surface area contributed by atoms with Crippen LogP contribution in [-0.4, -0.2) is 4.37 Å². The molecule has 0 radical (unpaired) electrons. The largest absolute Gasteiger partial charge is 0.416 e. The van der Waals surface area contributed by atoms with Crippen LogP contribution in [0, 0.1) is 0 Å². The second-order valence-corrected chi connectivity index (χ2v) is 4.31. The second kappa shape index (κ2) is 2.88. The van der Waals surface area contributed by atoms with Gasteiger partial charge in [-0.05, 0) is 12.1 Å². The van der Waals surface area contributed by atoms with Crippen molar-refractivity contribution < 1.29 is 13.2 Å². The standard InChI is InChI=1S/C7H3F3NS2/c8-7(9,10)4-1-2-5-6(3-4)12-13-11-5/h1-3H/q+1. The molecular weight excluding hydrogens is 219 g/mol. The van der Waals surface area contributed by atoms with Gasteiger partial charge in [-0.15, -0.1) is 4.37 Å². The van der Waals surface area contributed by atoms with Gasteiger partial charge in [0.2, 0.25) is 0 Å². The van der Waals surface area contributed by atoms with Gasteiger partial charge in [0, 0.05) is 6.07 Å². The van der Waals surface area contributed by atoms with E-state index in [2.05, 4.69) is 4.37 Å². The summed E-state index contributed by atoms with van der Waals surface area (Å²) in [6, 6.07) is 3.57. The summed E-state index contributed by atoms with van der Waals surface area (Å²) < 4.78 is 41.1. The summed E-state index contributed by atoms with van der Waals surface area (Å²) in [4.78, 5) is 0. The lowest BCUT2D eigenvalue weighted by atomic mass is 10.2. The van der Waals surface area contributed by atoms with Crippen LogP contribution in [0.1, 0.15) is 5.56 Å². The molecule has 2 rings (SSSR count). The number of nitrogens with zero attached hydrogens (tertiary/aromatic N) is 1. The summed E-state index contributed by atoms with van der Waals surface area (Å²) in [6.07, 6.45) is -4.26. The highest BCUT2D eigenvalue weighted by molar-refractivity contribution is 7.69. The molecule has 1 heterocycles. The van der Waals surface area contributed by atoms with Gasteiger partial charge in [0.1, 0.15) is 5.52 Å². The van der Waals surface area contributed by atoms with E-state index in [0.29, 0.717) is 10.2 Å². The average Bonchev–Trinajstić information content (AvgIpc) is 2.47. The highest BCUT2D eigenvalue weighted by atomic mass is 32.9. The minimum atomic E-state index is -4.26. The normalized spacial score (nSPS) is 12.2. The minimum absolute atomic E-state index is 0.583. The lowest BCUT2D eigenvalue weighted by molar-refractivity contribution is -0.137. The van der Waals surface area contributed by atoms with Gasteiger partial charge >= 0.3 is 16.5 Å². The molecule has 0 aliphatic heterocycles. The maximum absolute atomic E-state index is 12.2. The molecule has 1 aromatic carbocycles. The minimum Gasteiger partial charge on any atom is -0.166 e. The highest BCUT2D eigenvalue weighted by Crippen LogP contribution is 2.32. The first-order valence-corrected chi connectivity index (χ1v) is 5.44. The van der Waals surface area contributed by atoms with Crippen molar-refractivity contribution in [1.82, 2.24) is 4.37 Å². The summed E-state index contributed by atoms with van der Waals surface area (Å²) in [6.45, 7) is 0. The first kappa shape index (κ1) is 8.83. The van der Waals surface area contributed by atoms with Crippen molar-refractivity contribution in [3.63, 3.8) is 0 Å². The molecular formula is C7H3F3NS2+. The lowest BCUT2D eigenvalue weighted by Crippen LogP contribution is -2.03. The first-order valence-electron chi connectivity index (χ1n) is 3.33. The Kier molecular flexibility index (Phi) is 1.96. The van der Waals surface area contributed by atoms with E-state index in [4.69, 9.17) is 0 Å². The molecule has 6 heteroatoms. The average molecular weight is 222 g/mol. The molecule has 13 heavy (non-hydrogen) atoms. The molecule has 0 fully saturated rings. The smallest absolute Gasteiger partial charge is 0.166 e. The zero-order valence-corrected chi connectivity index (χ0v) is 7.76. The number of hydrogen-bond acceptors (Lipinski definition) is 2. The molecule has 0 amide bonds. The van der Waals surface area contributed by atoms with Crippen LogP contribution in [0.2, 0.25) is 0 Å². The number of hydrogen-bond donors (Lipinski definition) is 0. The van der Waals surface area contributed by atoms with Crippen molar-refractivity contribution in [2.45, 2.75) is 6.18 Å². The molecule has 0 atom stereocenters. The Balaban J connectivity index is 2.61. The summed E-state index contributed by atoms with van der Waals surface area (Å²) in [7, 11) is 2.44. The molecule has 0 unspecified atom stereocenters. The summed E-state index contributed by atoms with van der Waals surface area (Å²) >= 11 is 0. The number of halogens is 3. The van der Waals surface area contributed by atoms with Crippen LogP contribution < -0.4 is 0 Å². The molecule has 1 nitrogen and oxygen atoms in total. The summed E-state index contributed by atoms with van der Waals surface area (Å²) in [5.74, 6) is 0. The second-order valence-electron chi connectivity index (χ2n) is 2.43. The van der Waals surface area contributed by atoms with Crippen LogP contribution in [0.25, 0.3) is 10.2 Å². The highest BCUT2D eigenvalue weighted by Gasteiger charge is 2.31. The Morgan fingerprint density at radius 2 is 2.08 bits per heavy atom. The van der Waals surface area contributed by atoms with Crippen molar-refractivity contribution in [3.05, 3.63) is 23.8 Å². The van der Waals surface area contributed by atoms with E-state index < -0.39 is 11.7 Å². The van der Waals surface area contributed by atoms with Crippen LogP contribution in [0.3, 0.4) is 0 Å². The maximum Gasteiger partial charge on any atom is 0.416 e. The molecule has 0 spiro atoms. The number of benzene rings is 1. The van der Waals surface area contributed by atoms with E-state index in [0.717, 1.165) is 12.1 Å². The van der Waals surface area contributed by atoms with Gasteiger partial charge in [0.05, 0.1) is 5.56 Å². The van der Waals surface area contributed by atoms with Crippen LogP contribution in [-0.2, 0) is 6.18 Å². The number of rotatable bonds is 0. The van der Waals surface area contributed by atoms with E-state index in [-0.39, 0.29) is 0 Å². The van der Waals surface area contributed by atoms with Gasteiger partial charge in [-0.3, -0.25) is 0 Å². The van der Waals surface area contributed by atoms with Gasteiger partial charge < -0.3 is 0 Å². The van der Waals surface area contributed by atoms with Crippen LogP contribution in [0.15, 0.2) is 18.2 Å². The Morgan fingerprint density at radius 1 is 1.31 bits per heavy atom. The van der Waals surface area contributed by atoms with E-state index in [1.165, 1.54) is 26.9 Å². The van der Waals surface area contributed by atoms with Crippen molar-refractivity contribution in [3.8, 4) is 0 Å². The van der Waals surface area contributed by atoms with Gasteiger partial charge in [0.15, 0.2) is 0 Å². The van der Waals surface area contributed by atoms with Gasteiger partial charge in [-0.2, -0.15) is 13.2 Å². The Morgan fingerprint density at radius 3 is 2.77 bits per heavy atom. The molecule has 0 saturated heterocycles. The molecule has 0 aliphatic rings. The molecule has 0 aliphatic carbocycles. The Hall–Kier alpha value is -0.750. The fourth-order valence-corrected chi connectivity index (χ4v) is 2.71. The predicted molar refractivity (Wildman–Crippen MR) is 46.9 cm³/mol. The third-order valence-corrected chi connectivity index (χ3v) is 3.39. The van der Waals surface area contributed by atoms with E-state index in [9.17, 15) is 13.2 Å². The molecule has 0 saturated carbocycles. The molecule has 2 aromatic rings. The van der Waals surface area contributed by atoms with Crippen LogP contribution in [0.4, 0.5) is 13.2 Å². The molecule has 0 bridgehead atoms. The first-order chi connectivity index (χ1) is 6.07. The molecule has 1 aromatic heterocycles. The van der Waals surface area contributed by atoms with Crippen molar-refractivity contribution in [1.29, 1.82) is 0 Å². The molecule has 0 N–H and O–H groups in total. The molecule has 68 valence electrons. The SMILES string of the molecule is FC(F)(F)c1ccc2ns[s+]c2c1. The van der Waals surface area contributed by atoms with Crippen LogP contribution in [0.5, 0.6) is 0 Å². The lowest BCUT2D eigenvalue weighted by Gasteiger charge is -2.03. The summed E-state index contributed by atoms with van der Waals surface area (Å²) in [5.41, 5.74) is 0.0134. The van der Waals surface area contributed by atoms with Gasteiger partial charge in [0.25, 0.3) is 15.2 Å². The fourth-order valence-electron chi connectivity index (χ4n) is 0.932. The fraction of sp³-hybridized carbons (Fsp3) is 0.143. The number of aromatic nitrogens is 1.